The van der Waals surface area contributed by atoms with Crippen LogP contribution in [0.25, 0.3) is 0 Å². The summed E-state index contributed by atoms with van der Waals surface area (Å²) in [7, 11) is 2.04. The highest BCUT2D eigenvalue weighted by atomic mass is 35.5. The maximum atomic E-state index is 6.27. The van der Waals surface area contributed by atoms with Crippen molar-refractivity contribution in [3.63, 3.8) is 0 Å². The van der Waals surface area contributed by atoms with Crippen LogP contribution in [-0.4, -0.2) is 13.7 Å². The van der Waals surface area contributed by atoms with Gasteiger partial charge in [0.25, 0.3) is 0 Å². The lowest BCUT2D eigenvalue weighted by atomic mass is 9.93. The number of halogens is 1. The van der Waals surface area contributed by atoms with E-state index in [1.165, 1.54) is 49.7 Å². The minimum atomic E-state index is 0.362. The number of nitrogens with one attached hydrogen (secondary N) is 1. The number of ether oxygens (including phenoxy) is 1. The molecular weight excluding hydrogens is 270 g/mol. The molecule has 0 bridgehead atoms. The number of rotatable bonds is 5. The topological polar surface area (TPSA) is 21.3 Å². The van der Waals surface area contributed by atoms with Gasteiger partial charge in [0.05, 0.1) is 6.61 Å². The molecule has 0 amide bonds. The zero-order valence-electron chi connectivity index (χ0n) is 12.3. The Kier molecular flexibility index (Phi) is 4.52. The van der Waals surface area contributed by atoms with Crippen LogP contribution in [-0.2, 0) is 6.42 Å². The van der Waals surface area contributed by atoms with E-state index in [0.717, 1.165) is 29.7 Å². The Morgan fingerprint density at radius 1 is 1.35 bits per heavy atom. The van der Waals surface area contributed by atoms with Crippen LogP contribution in [0.1, 0.15) is 55.7 Å². The first kappa shape index (κ1) is 14.2. The molecule has 1 unspecified atom stereocenters. The van der Waals surface area contributed by atoms with Crippen LogP contribution >= 0.6 is 11.6 Å². The van der Waals surface area contributed by atoms with Crippen molar-refractivity contribution in [1.82, 2.24) is 5.32 Å². The molecule has 1 atom stereocenters. The second kappa shape index (κ2) is 6.36. The van der Waals surface area contributed by atoms with Gasteiger partial charge in [-0.05, 0) is 43.5 Å². The molecule has 20 heavy (non-hydrogen) atoms. The van der Waals surface area contributed by atoms with Crippen LogP contribution in [0.3, 0.4) is 0 Å². The first-order valence-electron chi connectivity index (χ1n) is 7.90. The van der Waals surface area contributed by atoms with Gasteiger partial charge in [0.15, 0.2) is 0 Å². The summed E-state index contributed by atoms with van der Waals surface area (Å²) in [5.41, 5.74) is 2.53. The Morgan fingerprint density at radius 2 is 2.15 bits per heavy atom. The lowest BCUT2D eigenvalue weighted by Crippen LogP contribution is -2.18. The summed E-state index contributed by atoms with van der Waals surface area (Å²) in [4.78, 5) is 0. The average molecular weight is 294 g/mol. The van der Waals surface area contributed by atoms with Gasteiger partial charge < -0.3 is 10.1 Å². The minimum absolute atomic E-state index is 0.362. The van der Waals surface area contributed by atoms with Crippen molar-refractivity contribution >= 4 is 11.6 Å². The fourth-order valence-corrected chi connectivity index (χ4v) is 3.96. The van der Waals surface area contributed by atoms with Gasteiger partial charge in [-0.15, -0.1) is 0 Å². The van der Waals surface area contributed by atoms with Gasteiger partial charge in [-0.1, -0.05) is 37.3 Å². The zero-order chi connectivity index (χ0) is 13.9. The van der Waals surface area contributed by atoms with E-state index in [9.17, 15) is 0 Å². The molecule has 1 heterocycles. The van der Waals surface area contributed by atoms with E-state index in [0.29, 0.717) is 6.04 Å². The third-order valence-electron chi connectivity index (χ3n) is 4.84. The molecule has 0 radical (unpaired) electrons. The predicted octanol–water partition coefficient (Wildman–Crippen LogP) is 4.51. The summed E-state index contributed by atoms with van der Waals surface area (Å²) in [5, 5.41) is 4.30. The van der Waals surface area contributed by atoms with E-state index in [1.54, 1.807) is 0 Å². The maximum Gasteiger partial charge on any atom is 0.127 e. The Bertz CT molecular complexity index is 468. The highest BCUT2D eigenvalue weighted by Crippen LogP contribution is 2.39. The van der Waals surface area contributed by atoms with Crippen molar-refractivity contribution in [3.05, 3.63) is 28.3 Å². The third-order valence-corrected chi connectivity index (χ3v) is 5.06. The molecule has 3 heteroatoms. The third kappa shape index (κ3) is 2.96. The van der Waals surface area contributed by atoms with Crippen LogP contribution < -0.4 is 10.1 Å². The molecule has 2 aliphatic rings. The highest BCUT2D eigenvalue weighted by molar-refractivity contribution is 6.30. The second-order valence-electron chi connectivity index (χ2n) is 6.15. The van der Waals surface area contributed by atoms with Crippen molar-refractivity contribution < 1.29 is 4.74 Å². The SMILES string of the molecule is CNC(CCC1CCCC1)c1cc(Cl)cc2c1OCC2. The molecule has 110 valence electrons. The highest BCUT2D eigenvalue weighted by Gasteiger charge is 2.24. The maximum absolute atomic E-state index is 6.27. The summed E-state index contributed by atoms with van der Waals surface area (Å²) in [6.45, 7) is 0.793. The van der Waals surface area contributed by atoms with Crippen molar-refractivity contribution in [2.45, 2.75) is 51.0 Å². The molecule has 1 aromatic rings. The van der Waals surface area contributed by atoms with Gasteiger partial charge in [-0.2, -0.15) is 0 Å². The fraction of sp³-hybridized carbons (Fsp3) is 0.647. The molecular formula is C17H24ClNO. The average Bonchev–Trinajstić information content (AvgIpc) is 3.09. The Balaban J connectivity index is 1.75. The lowest BCUT2D eigenvalue weighted by molar-refractivity contribution is 0.344. The van der Waals surface area contributed by atoms with Crippen LogP contribution in [0.2, 0.25) is 5.02 Å². The van der Waals surface area contributed by atoms with E-state index < -0.39 is 0 Å². The largest absolute Gasteiger partial charge is 0.493 e. The molecule has 2 nitrogen and oxygen atoms in total. The standard InChI is InChI=1S/C17H24ClNO/c1-19-16(7-6-12-4-2-3-5-12)15-11-14(18)10-13-8-9-20-17(13)15/h10-12,16,19H,2-9H2,1H3. The van der Waals surface area contributed by atoms with E-state index in [4.69, 9.17) is 16.3 Å². The molecule has 0 spiro atoms. The van der Waals surface area contributed by atoms with E-state index in [2.05, 4.69) is 17.4 Å². The van der Waals surface area contributed by atoms with Crippen LogP contribution in [0.15, 0.2) is 12.1 Å². The molecule has 1 aliphatic carbocycles. The van der Waals surface area contributed by atoms with E-state index >= 15 is 0 Å². The smallest absolute Gasteiger partial charge is 0.127 e. The molecule has 1 N–H and O–H groups in total. The van der Waals surface area contributed by atoms with E-state index in [1.807, 2.05) is 7.05 Å². The number of hydrogen-bond acceptors (Lipinski definition) is 2. The van der Waals surface area contributed by atoms with Gasteiger partial charge in [-0.25, -0.2) is 0 Å². The summed E-state index contributed by atoms with van der Waals surface area (Å²) in [5.74, 6) is 2.01. The number of hydrogen-bond donors (Lipinski definition) is 1. The van der Waals surface area contributed by atoms with Crippen LogP contribution in [0.5, 0.6) is 5.75 Å². The molecule has 1 aliphatic heterocycles. The lowest BCUT2D eigenvalue weighted by Gasteiger charge is -2.21. The Morgan fingerprint density at radius 3 is 2.90 bits per heavy atom. The van der Waals surface area contributed by atoms with Gasteiger partial charge in [0.2, 0.25) is 0 Å². The number of fused-ring (bicyclic) bond motifs is 1. The summed E-state index contributed by atoms with van der Waals surface area (Å²) >= 11 is 6.27. The van der Waals surface area contributed by atoms with Crippen molar-refractivity contribution in [2.75, 3.05) is 13.7 Å². The summed E-state index contributed by atoms with van der Waals surface area (Å²) in [6, 6.07) is 4.50. The molecule has 3 rings (SSSR count). The summed E-state index contributed by atoms with van der Waals surface area (Å²) in [6.07, 6.45) is 9.16. The Hall–Kier alpha value is -0.730. The van der Waals surface area contributed by atoms with Crippen molar-refractivity contribution in [1.29, 1.82) is 0 Å². The van der Waals surface area contributed by atoms with Crippen molar-refractivity contribution in [3.8, 4) is 5.75 Å². The minimum Gasteiger partial charge on any atom is -0.493 e. The monoisotopic (exact) mass is 293 g/mol. The zero-order valence-corrected chi connectivity index (χ0v) is 13.0. The van der Waals surface area contributed by atoms with Crippen LogP contribution in [0, 0.1) is 5.92 Å². The second-order valence-corrected chi connectivity index (χ2v) is 6.59. The van der Waals surface area contributed by atoms with Crippen molar-refractivity contribution in [2.24, 2.45) is 5.92 Å². The number of benzene rings is 1. The van der Waals surface area contributed by atoms with Gasteiger partial charge in [-0.3, -0.25) is 0 Å². The van der Waals surface area contributed by atoms with Gasteiger partial charge >= 0.3 is 0 Å². The Labute approximate surface area is 126 Å². The first-order chi connectivity index (χ1) is 9.78. The quantitative estimate of drug-likeness (QED) is 0.863. The van der Waals surface area contributed by atoms with Crippen LogP contribution in [0.4, 0.5) is 0 Å². The molecule has 1 fully saturated rings. The summed E-state index contributed by atoms with van der Waals surface area (Å²) < 4.78 is 5.84. The van der Waals surface area contributed by atoms with Gasteiger partial charge in [0.1, 0.15) is 5.75 Å². The first-order valence-corrected chi connectivity index (χ1v) is 8.28. The van der Waals surface area contributed by atoms with E-state index in [-0.39, 0.29) is 0 Å². The predicted molar refractivity (Wildman–Crippen MR) is 83.6 cm³/mol. The molecule has 0 saturated heterocycles. The normalized spacial score (nSPS) is 19.9. The molecule has 0 aromatic heterocycles. The fourth-order valence-electron chi connectivity index (χ4n) is 3.71. The van der Waals surface area contributed by atoms with Gasteiger partial charge in [0, 0.05) is 23.0 Å². The molecule has 1 aromatic carbocycles. The molecule has 1 saturated carbocycles.